The lowest BCUT2D eigenvalue weighted by molar-refractivity contribution is 0.0924. The van der Waals surface area contributed by atoms with Crippen LogP contribution in [0.1, 0.15) is 41.8 Å². The Balaban J connectivity index is 1.49. The summed E-state index contributed by atoms with van der Waals surface area (Å²) in [4.78, 5) is 19.0. The zero-order valence-corrected chi connectivity index (χ0v) is 14.5. The maximum Gasteiger partial charge on any atom is 0.271 e. The molecule has 1 atom stereocenters. The topological polar surface area (TPSA) is 78.8 Å². The molecule has 0 saturated carbocycles. The Morgan fingerprint density at radius 1 is 1.50 bits per heavy atom. The van der Waals surface area contributed by atoms with E-state index in [-0.39, 0.29) is 5.91 Å². The molecule has 7 heteroatoms. The van der Waals surface area contributed by atoms with Gasteiger partial charge in [0, 0.05) is 37.7 Å². The van der Waals surface area contributed by atoms with Crippen LogP contribution >= 0.6 is 0 Å². The lowest BCUT2D eigenvalue weighted by atomic mass is 9.98. The first-order chi connectivity index (χ1) is 11.7. The number of aromatic amines is 1. The maximum absolute atomic E-state index is 12.1. The molecule has 1 fully saturated rings. The number of likely N-dealkylation sites (tertiary alicyclic amines) is 1. The van der Waals surface area contributed by atoms with Crippen molar-refractivity contribution in [3.63, 3.8) is 0 Å². The molecule has 0 aliphatic carbocycles. The second kappa shape index (κ2) is 7.61. The highest BCUT2D eigenvalue weighted by molar-refractivity contribution is 5.92. The first-order valence-corrected chi connectivity index (χ1v) is 8.68. The third-order valence-corrected chi connectivity index (χ3v) is 4.60. The van der Waals surface area contributed by atoms with Crippen LogP contribution in [0, 0.1) is 12.8 Å². The summed E-state index contributed by atoms with van der Waals surface area (Å²) < 4.78 is 2.19. The number of nitrogens with one attached hydrogen (secondary N) is 2. The number of carbonyl (C=O) groups excluding carboxylic acids is 1. The van der Waals surface area contributed by atoms with Gasteiger partial charge in [0.25, 0.3) is 5.91 Å². The Bertz CT molecular complexity index is 676. The van der Waals surface area contributed by atoms with Crippen LogP contribution in [0.5, 0.6) is 0 Å². The van der Waals surface area contributed by atoms with Crippen molar-refractivity contribution in [2.75, 3.05) is 19.6 Å². The summed E-state index contributed by atoms with van der Waals surface area (Å²) in [6.07, 6.45) is 6.21. The van der Waals surface area contributed by atoms with Crippen molar-refractivity contribution in [1.29, 1.82) is 0 Å². The van der Waals surface area contributed by atoms with Gasteiger partial charge in [-0.2, -0.15) is 5.10 Å². The van der Waals surface area contributed by atoms with Crippen LogP contribution in [-0.2, 0) is 13.1 Å². The molecule has 1 unspecified atom stereocenters. The molecular formula is C17H26N6O. The summed E-state index contributed by atoms with van der Waals surface area (Å²) in [5.41, 5.74) is 1.36. The molecule has 2 aromatic heterocycles. The van der Waals surface area contributed by atoms with Crippen LogP contribution < -0.4 is 5.32 Å². The average Bonchev–Trinajstić information content (AvgIpc) is 3.21. The molecule has 0 bridgehead atoms. The standard InChI is InChI=1S/C17H26N6O/c1-3-23-8-6-18-16(23)12-22-7-4-5-14(11-22)10-19-17(24)15-9-13(2)20-21-15/h6,8-9,14H,3-5,7,10-12H2,1-2H3,(H,19,24)(H,20,21). The summed E-state index contributed by atoms with van der Waals surface area (Å²) in [5, 5.41) is 9.82. The van der Waals surface area contributed by atoms with Crippen molar-refractivity contribution in [3.8, 4) is 0 Å². The predicted molar refractivity (Wildman–Crippen MR) is 91.6 cm³/mol. The highest BCUT2D eigenvalue weighted by Crippen LogP contribution is 2.18. The molecule has 1 amide bonds. The van der Waals surface area contributed by atoms with Gasteiger partial charge in [-0.05, 0) is 45.2 Å². The number of H-pyrrole nitrogens is 1. The van der Waals surface area contributed by atoms with Gasteiger partial charge in [-0.1, -0.05) is 0 Å². The molecule has 3 heterocycles. The van der Waals surface area contributed by atoms with Crippen molar-refractivity contribution in [2.24, 2.45) is 5.92 Å². The minimum absolute atomic E-state index is 0.0991. The summed E-state index contributed by atoms with van der Waals surface area (Å²) >= 11 is 0. The number of imidazole rings is 1. The molecule has 1 saturated heterocycles. The molecule has 2 aromatic rings. The van der Waals surface area contributed by atoms with Crippen LogP contribution in [0.15, 0.2) is 18.5 Å². The van der Waals surface area contributed by atoms with Crippen molar-refractivity contribution in [2.45, 2.75) is 39.8 Å². The molecule has 130 valence electrons. The second-order valence-corrected chi connectivity index (χ2v) is 6.52. The van der Waals surface area contributed by atoms with Gasteiger partial charge in [0.2, 0.25) is 0 Å². The number of amides is 1. The molecule has 3 rings (SSSR count). The number of hydrogen-bond acceptors (Lipinski definition) is 4. The fourth-order valence-electron chi connectivity index (χ4n) is 3.30. The highest BCUT2D eigenvalue weighted by Gasteiger charge is 2.22. The van der Waals surface area contributed by atoms with E-state index in [2.05, 4.69) is 36.9 Å². The van der Waals surface area contributed by atoms with E-state index in [0.29, 0.717) is 18.2 Å². The Labute approximate surface area is 142 Å². The van der Waals surface area contributed by atoms with E-state index >= 15 is 0 Å². The Morgan fingerprint density at radius 3 is 3.12 bits per heavy atom. The van der Waals surface area contributed by atoms with E-state index in [4.69, 9.17) is 0 Å². The predicted octanol–water partition coefficient (Wildman–Crippen LogP) is 1.58. The molecule has 0 radical (unpaired) electrons. The van der Waals surface area contributed by atoms with Crippen molar-refractivity contribution in [3.05, 3.63) is 35.7 Å². The molecule has 0 aromatic carbocycles. The zero-order valence-electron chi connectivity index (χ0n) is 14.5. The summed E-state index contributed by atoms with van der Waals surface area (Å²) in [6.45, 7) is 8.65. The number of piperidine rings is 1. The molecule has 24 heavy (non-hydrogen) atoms. The number of carbonyl (C=O) groups is 1. The van der Waals surface area contributed by atoms with Gasteiger partial charge < -0.3 is 9.88 Å². The normalized spacial score (nSPS) is 18.7. The quantitative estimate of drug-likeness (QED) is 0.843. The number of hydrogen-bond donors (Lipinski definition) is 2. The van der Waals surface area contributed by atoms with Crippen LogP contribution in [0.2, 0.25) is 0 Å². The van der Waals surface area contributed by atoms with Crippen molar-refractivity contribution >= 4 is 5.91 Å². The third kappa shape index (κ3) is 4.03. The van der Waals surface area contributed by atoms with Gasteiger partial charge in [0.05, 0.1) is 6.54 Å². The van der Waals surface area contributed by atoms with Gasteiger partial charge in [0.1, 0.15) is 11.5 Å². The van der Waals surface area contributed by atoms with E-state index in [1.54, 1.807) is 6.07 Å². The number of aryl methyl sites for hydroxylation is 2. The minimum atomic E-state index is -0.0991. The van der Waals surface area contributed by atoms with Gasteiger partial charge in [-0.15, -0.1) is 0 Å². The smallest absolute Gasteiger partial charge is 0.271 e. The first kappa shape index (κ1) is 16.7. The Morgan fingerprint density at radius 2 is 2.38 bits per heavy atom. The third-order valence-electron chi connectivity index (χ3n) is 4.60. The van der Waals surface area contributed by atoms with E-state index in [9.17, 15) is 4.79 Å². The molecule has 7 nitrogen and oxygen atoms in total. The first-order valence-electron chi connectivity index (χ1n) is 8.68. The average molecular weight is 330 g/mol. The summed E-state index contributed by atoms with van der Waals surface area (Å²) in [6, 6.07) is 1.77. The molecule has 2 N–H and O–H groups in total. The monoisotopic (exact) mass is 330 g/mol. The zero-order chi connectivity index (χ0) is 16.9. The fourth-order valence-corrected chi connectivity index (χ4v) is 3.30. The van der Waals surface area contributed by atoms with E-state index in [1.807, 2.05) is 19.3 Å². The van der Waals surface area contributed by atoms with Crippen LogP contribution in [0.4, 0.5) is 0 Å². The largest absolute Gasteiger partial charge is 0.350 e. The summed E-state index contributed by atoms with van der Waals surface area (Å²) in [7, 11) is 0. The van der Waals surface area contributed by atoms with E-state index in [1.165, 1.54) is 0 Å². The van der Waals surface area contributed by atoms with Gasteiger partial charge in [0.15, 0.2) is 0 Å². The van der Waals surface area contributed by atoms with E-state index in [0.717, 1.165) is 50.5 Å². The van der Waals surface area contributed by atoms with Gasteiger partial charge >= 0.3 is 0 Å². The number of nitrogens with zero attached hydrogens (tertiary/aromatic N) is 4. The van der Waals surface area contributed by atoms with Crippen molar-refractivity contribution < 1.29 is 4.79 Å². The SMILES string of the molecule is CCn1ccnc1CN1CCCC(CNC(=O)c2cc(C)[nH]n2)C1. The fraction of sp³-hybridized carbons (Fsp3) is 0.588. The van der Waals surface area contributed by atoms with E-state index < -0.39 is 0 Å². The summed E-state index contributed by atoms with van der Waals surface area (Å²) in [5.74, 6) is 1.50. The van der Waals surface area contributed by atoms with Crippen LogP contribution in [0.25, 0.3) is 0 Å². The van der Waals surface area contributed by atoms with Crippen LogP contribution in [0.3, 0.4) is 0 Å². The number of aromatic nitrogens is 4. The Hall–Kier alpha value is -2.15. The molecule has 1 aliphatic heterocycles. The van der Waals surface area contributed by atoms with Gasteiger partial charge in [-0.25, -0.2) is 4.98 Å². The minimum Gasteiger partial charge on any atom is -0.350 e. The van der Waals surface area contributed by atoms with Gasteiger partial charge in [-0.3, -0.25) is 14.8 Å². The highest BCUT2D eigenvalue weighted by atomic mass is 16.1. The van der Waals surface area contributed by atoms with Crippen LogP contribution in [-0.4, -0.2) is 50.2 Å². The molecular weight excluding hydrogens is 304 g/mol. The number of rotatable bonds is 6. The second-order valence-electron chi connectivity index (χ2n) is 6.52. The maximum atomic E-state index is 12.1. The van der Waals surface area contributed by atoms with Crippen molar-refractivity contribution in [1.82, 2.24) is 30.0 Å². The Kier molecular flexibility index (Phi) is 5.30. The molecule has 1 aliphatic rings. The lowest BCUT2D eigenvalue weighted by Crippen LogP contribution is -2.41. The molecule has 0 spiro atoms. The lowest BCUT2D eigenvalue weighted by Gasteiger charge is -2.32.